The Morgan fingerprint density at radius 3 is 2.60 bits per heavy atom. The maximum absolute atomic E-state index is 11.9. The van der Waals surface area contributed by atoms with Crippen LogP contribution in [0, 0.1) is 5.92 Å². The minimum atomic E-state index is 0.00119. The highest BCUT2D eigenvalue weighted by Crippen LogP contribution is 2.25. The number of methoxy groups -OCH3 is 1. The van der Waals surface area contributed by atoms with E-state index in [1.54, 1.807) is 7.11 Å². The van der Waals surface area contributed by atoms with Crippen LogP contribution in [0.3, 0.4) is 0 Å². The van der Waals surface area contributed by atoms with Gasteiger partial charge < -0.3 is 15.8 Å². The van der Waals surface area contributed by atoms with E-state index in [0.29, 0.717) is 18.5 Å². The molecule has 1 amide bonds. The van der Waals surface area contributed by atoms with Crippen LogP contribution in [0.4, 0.5) is 5.69 Å². The van der Waals surface area contributed by atoms with Crippen LogP contribution in [0.15, 0.2) is 24.3 Å². The van der Waals surface area contributed by atoms with Crippen molar-refractivity contribution in [1.29, 1.82) is 0 Å². The van der Waals surface area contributed by atoms with Crippen LogP contribution >= 0.6 is 0 Å². The van der Waals surface area contributed by atoms with Crippen molar-refractivity contribution in [2.45, 2.75) is 18.9 Å². The fourth-order valence-electron chi connectivity index (χ4n) is 2.56. The van der Waals surface area contributed by atoms with Gasteiger partial charge in [0.05, 0.1) is 13.7 Å². The molecule has 3 N–H and O–H groups in total. The SMILES string of the molecule is COc1ccc(NC(=O)CN(C)CC2CC(N)C2)cc1. The first kappa shape index (κ1) is 14.8. The van der Waals surface area contributed by atoms with Crippen LogP contribution in [-0.2, 0) is 4.79 Å². The lowest BCUT2D eigenvalue weighted by atomic mass is 9.81. The van der Waals surface area contributed by atoms with Crippen molar-refractivity contribution in [2.75, 3.05) is 32.6 Å². The fourth-order valence-corrected chi connectivity index (χ4v) is 2.56. The van der Waals surface area contributed by atoms with Gasteiger partial charge in [-0.3, -0.25) is 9.69 Å². The maximum Gasteiger partial charge on any atom is 0.238 e. The second-order valence-corrected chi connectivity index (χ2v) is 5.57. The molecule has 5 nitrogen and oxygen atoms in total. The summed E-state index contributed by atoms with van der Waals surface area (Å²) in [4.78, 5) is 14.0. The van der Waals surface area contributed by atoms with Crippen molar-refractivity contribution in [3.05, 3.63) is 24.3 Å². The van der Waals surface area contributed by atoms with E-state index in [1.807, 2.05) is 31.3 Å². The van der Waals surface area contributed by atoms with E-state index < -0.39 is 0 Å². The Labute approximate surface area is 120 Å². The van der Waals surface area contributed by atoms with Gasteiger partial charge in [-0.25, -0.2) is 0 Å². The lowest BCUT2D eigenvalue weighted by Crippen LogP contribution is -2.43. The third kappa shape index (κ3) is 4.21. The van der Waals surface area contributed by atoms with Crippen molar-refractivity contribution >= 4 is 11.6 Å². The second-order valence-electron chi connectivity index (χ2n) is 5.57. The number of amides is 1. The highest BCUT2D eigenvalue weighted by molar-refractivity contribution is 5.92. The first-order valence-corrected chi connectivity index (χ1v) is 6.95. The van der Waals surface area contributed by atoms with Crippen molar-refractivity contribution in [2.24, 2.45) is 11.7 Å². The van der Waals surface area contributed by atoms with Gasteiger partial charge in [-0.15, -0.1) is 0 Å². The Balaban J connectivity index is 1.73. The third-order valence-corrected chi connectivity index (χ3v) is 3.63. The maximum atomic E-state index is 11.9. The molecule has 1 aromatic carbocycles. The molecule has 0 spiro atoms. The van der Waals surface area contributed by atoms with Crippen LogP contribution in [0.25, 0.3) is 0 Å². The quantitative estimate of drug-likeness (QED) is 0.822. The number of nitrogens with one attached hydrogen (secondary N) is 1. The summed E-state index contributed by atoms with van der Waals surface area (Å²) in [7, 11) is 3.59. The minimum absolute atomic E-state index is 0.00119. The predicted octanol–water partition coefficient (Wildman–Crippen LogP) is 1.30. The number of nitrogens with zero attached hydrogens (tertiary/aromatic N) is 1. The van der Waals surface area contributed by atoms with Crippen LogP contribution in [0.1, 0.15) is 12.8 Å². The number of hydrogen-bond donors (Lipinski definition) is 2. The molecule has 0 radical (unpaired) electrons. The van der Waals surface area contributed by atoms with E-state index in [1.165, 1.54) is 0 Å². The van der Waals surface area contributed by atoms with Gasteiger partial charge in [0.15, 0.2) is 0 Å². The Morgan fingerprint density at radius 1 is 1.40 bits per heavy atom. The molecule has 110 valence electrons. The number of hydrogen-bond acceptors (Lipinski definition) is 4. The number of carbonyl (C=O) groups is 1. The van der Waals surface area contributed by atoms with Crippen molar-refractivity contribution < 1.29 is 9.53 Å². The molecule has 1 fully saturated rings. The Hall–Kier alpha value is -1.59. The van der Waals surface area contributed by atoms with Gasteiger partial charge in [-0.1, -0.05) is 0 Å². The van der Waals surface area contributed by atoms with Gasteiger partial charge in [0, 0.05) is 18.3 Å². The first-order chi connectivity index (χ1) is 9.56. The number of nitrogens with two attached hydrogens (primary N) is 1. The lowest BCUT2D eigenvalue weighted by Gasteiger charge is -2.35. The number of benzene rings is 1. The molecular formula is C15H23N3O2. The third-order valence-electron chi connectivity index (χ3n) is 3.63. The topological polar surface area (TPSA) is 67.6 Å². The molecule has 5 heteroatoms. The largest absolute Gasteiger partial charge is 0.497 e. The van der Waals surface area contributed by atoms with Gasteiger partial charge in [0.1, 0.15) is 5.75 Å². The Kier molecular flexibility index (Phi) is 4.98. The number of likely N-dealkylation sites (N-methyl/N-ethyl adjacent to an activating group) is 1. The highest BCUT2D eigenvalue weighted by atomic mass is 16.5. The summed E-state index contributed by atoms with van der Waals surface area (Å²) in [6.45, 7) is 1.33. The molecule has 1 aliphatic rings. The van der Waals surface area contributed by atoms with Crippen LogP contribution < -0.4 is 15.8 Å². The summed E-state index contributed by atoms with van der Waals surface area (Å²) in [5.74, 6) is 1.42. The summed E-state index contributed by atoms with van der Waals surface area (Å²) in [5.41, 5.74) is 6.55. The minimum Gasteiger partial charge on any atom is -0.497 e. The number of rotatable bonds is 6. The summed E-state index contributed by atoms with van der Waals surface area (Å²) in [5, 5.41) is 2.88. The van der Waals surface area contributed by atoms with Crippen LogP contribution in [0.2, 0.25) is 0 Å². The van der Waals surface area contributed by atoms with Crippen molar-refractivity contribution in [1.82, 2.24) is 4.90 Å². The zero-order valence-corrected chi connectivity index (χ0v) is 12.1. The van der Waals surface area contributed by atoms with Crippen LogP contribution in [0.5, 0.6) is 5.75 Å². The standard InChI is InChI=1S/C15H23N3O2/c1-18(9-11-7-12(16)8-11)10-15(19)17-13-3-5-14(20-2)6-4-13/h3-6,11-12H,7-10,16H2,1-2H3,(H,17,19). The molecule has 20 heavy (non-hydrogen) atoms. The predicted molar refractivity (Wildman–Crippen MR) is 79.8 cm³/mol. The number of carbonyl (C=O) groups excluding carboxylic acids is 1. The summed E-state index contributed by atoms with van der Waals surface area (Å²) in [6, 6.07) is 7.69. The monoisotopic (exact) mass is 277 g/mol. The molecular weight excluding hydrogens is 254 g/mol. The molecule has 1 saturated carbocycles. The van der Waals surface area contributed by atoms with E-state index in [0.717, 1.165) is 30.8 Å². The molecule has 0 atom stereocenters. The molecule has 0 bridgehead atoms. The molecule has 2 rings (SSSR count). The summed E-state index contributed by atoms with van der Waals surface area (Å²) < 4.78 is 5.08. The number of anilines is 1. The van der Waals surface area contributed by atoms with Gasteiger partial charge >= 0.3 is 0 Å². The zero-order chi connectivity index (χ0) is 14.5. The normalized spacial score (nSPS) is 21.4. The summed E-state index contributed by atoms with van der Waals surface area (Å²) in [6.07, 6.45) is 2.15. The number of ether oxygens (including phenoxy) is 1. The van der Waals surface area contributed by atoms with Crippen molar-refractivity contribution in [3.63, 3.8) is 0 Å². The van der Waals surface area contributed by atoms with Gasteiger partial charge in [-0.2, -0.15) is 0 Å². The summed E-state index contributed by atoms with van der Waals surface area (Å²) >= 11 is 0. The molecule has 0 aliphatic heterocycles. The van der Waals surface area contributed by atoms with E-state index in [4.69, 9.17) is 10.5 Å². The average Bonchev–Trinajstić information content (AvgIpc) is 2.37. The molecule has 0 unspecified atom stereocenters. The fraction of sp³-hybridized carbons (Fsp3) is 0.533. The Bertz CT molecular complexity index is 441. The van der Waals surface area contributed by atoms with Crippen molar-refractivity contribution in [3.8, 4) is 5.75 Å². The Morgan fingerprint density at radius 2 is 2.05 bits per heavy atom. The van der Waals surface area contributed by atoms with E-state index in [-0.39, 0.29) is 5.91 Å². The second kappa shape index (κ2) is 6.72. The van der Waals surface area contributed by atoms with Crippen LogP contribution in [-0.4, -0.2) is 44.1 Å². The van der Waals surface area contributed by atoms with E-state index in [9.17, 15) is 4.79 Å². The van der Waals surface area contributed by atoms with Gasteiger partial charge in [-0.05, 0) is 50.1 Å². The highest BCUT2D eigenvalue weighted by Gasteiger charge is 2.26. The molecule has 0 aromatic heterocycles. The molecule has 0 saturated heterocycles. The average molecular weight is 277 g/mol. The zero-order valence-electron chi connectivity index (χ0n) is 12.1. The van der Waals surface area contributed by atoms with Gasteiger partial charge in [0.25, 0.3) is 0 Å². The van der Waals surface area contributed by atoms with E-state index in [2.05, 4.69) is 10.2 Å². The molecule has 1 aliphatic carbocycles. The molecule has 1 aromatic rings. The molecule has 0 heterocycles. The first-order valence-electron chi connectivity index (χ1n) is 6.95. The van der Waals surface area contributed by atoms with Gasteiger partial charge in [0.2, 0.25) is 5.91 Å². The van der Waals surface area contributed by atoms with E-state index >= 15 is 0 Å². The smallest absolute Gasteiger partial charge is 0.238 e. The lowest BCUT2D eigenvalue weighted by molar-refractivity contribution is -0.117.